The average Bonchev–Trinajstić information content (AvgIpc) is 2.69. The van der Waals surface area contributed by atoms with E-state index in [9.17, 15) is 18.3 Å². The van der Waals surface area contributed by atoms with Crippen LogP contribution in [-0.4, -0.2) is 31.1 Å². The molecule has 0 saturated carbocycles. The summed E-state index contributed by atoms with van der Waals surface area (Å²) in [5.41, 5.74) is 0. The SMILES string of the molecule is CCC(C)OC=O.O=S(=O)(c1ccccc1)c1ccc2c(O)cncc2c1. The number of rotatable bonds is 5. The molecule has 1 aromatic heterocycles. The van der Waals surface area contributed by atoms with Crippen molar-refractivity contribution in [1.29, 1.82) is 0 Å². The molecule has 1 N–H and O–H groups in total. The van der Waals surface area contributed by atoms with Crippen molar-refractivity contribution < 1.29 is 23.1 Å². The maximum Gasteiger partial charge on any atom is 0.293 e. The van der Waals surface area contributed by atoms with Crippen molar-refractivity contribution in [2.75, 3.05) is 0 Å². The van der Waals surface area contributed by atoms with Gasteiger partial charge in [0.05, 0.1) is 22.1 Å². The highest BCUT2D eigenvalue weighted by atomic mass is 32.2. The summed E-state index contributed by atoms with van der Waals surface area (Å²) in [5.74, 6) is 0.0335. The van der Waals surface area contributed by atoms with E-state index >= 15 is 0 Å². The van der Waals surface area contributed by atoms with Crippen molar-refractivity contribution in [1.82, 2.24) is 4.98 Å². The van der Waals surface area contributed by atoms with E-state index in [4.69, 9.17) is 0 Å². The van der Waals surface area contributed by atoms with Crippen molar-refractivity contribution in [3.05, 3.63) is 60.9 Å². The number of hydrogen-bond donors (Lipinski definition) is 1. The molecular formula is C20H21NO5S. The van der Waals surface area contributed by atoms with Crippen LogP contribution < -0.4 is 0 Å². The van der Waals surface area contributed by atoms with Crippen molar-refractivity contribution in [3.8, 4) is 5.75 Å². The Labute approximate surface area is 158 Å². The van der Waals surface area contributed by atoms with E-state index < -0.39 is 9.84 Å². The average molecular weight is 387 g/mol. The van der Waals surface area contributed by atoms with Crippen LogP contribution in [-0.2, 0) is 19.4 Å². The van der Waals surface area contributed by atoms with Gasteiger partial charge in [0, 0.05) is 17.0 Å². The lowest BCUT2D eigenvalue weighted by molar-refractivity contribution is -0.132. The molecule has 3 rings (SSSR count). The Morgan fingerprint density at radius 3 is 2.41 bits per heavy atom. The number of fused-ring (bicyclic) bond motifs is 1. The fourth-order valence-corrected chi connectivity index (χ4v) is 3.55. The molecule has 0 radical (unpaired) electrons. The number of ether oxygens (including phenoxy) is 1. The highest BCUT2D eigenvalue weighted by molar-refractivity contribution is 7.91. The summed E-state index contributed by atoms with van der Waals surface area (Å²) in [7, 11) is -3.55. The van der Waals surface area contributed by atoms with Gasteiger partial charge in [-0.25, -0.2) is 8.42 Å². The monoisotopic (exact) mass is 387 g/mol. The third-order valence-electron chi connectivity index (χ3n) is 3.94. The lowest BCUT2D eigenvalue weighted by atomic mass is 10.2. The van der Waals surface area contributed by atoms with Gasteiger partial charge in [-0.05, 0) is 43.7 Å². The summed E-state index contributed by atoms with van der Waals surface area (Å²) in [5, 5.41) is 10.8. The van der Waals surface area contributed by atoms with Crippen LogP contribution in [0.1, 0.15) is 20.3 Å². The summed E-state index contributed by atoms with van der Waals surface area (Å²) >= 11 is 0. The first-order valence-electron chi connectivity index (χ1n) is 8.36. The molecule has 0 aliphatic heterocycles. The molecule has 142 valence electrons. The van der Waals surface area contributed by atoms with Crippen LogP contribution in [0.2, 0.25) is 0 Å². The molecule has 1 unspecified atom stereocenters. The normalized spacial score (nSPS) is 11.9. The van der Waals surface area contributed by atoms with Crippen LogP contribution in [0, 0.1) is 0 Å². The van der Waals surface area contributed by atoms with E-state index in [1.807, 2.05) is 13.8 Å². The number of nitrogens with zero attached hydrogens (tertiary/aromatic N) is 1. The summed E-state index contributed by atoms with van der Waals surface area (Å²) in [4.78, 5) is 13.8. The minimum atomic E-state index is -3.55. The molecule has 3 aromatic rings. The molecule has 0 bridgehead atoms. The van der Waals surface area contributed by atoms with Gasteiger partial charge >= 0.3 is 0 Å². The molecule has 0 amide bonds. The lowest BCUT2D eigenvalue weighted by Gasteiger charge is -2.06. The molecule has 0 saturated heterocycles. The number of carbonyl (C=O) groups excluding carboxylic acids is 1. The smallest absolute Gasteiger partial charge is 0.293 e. The molecule has 27 heavy (non-hydrogen) atoms. The fraction of sp³-hybridized carbons (Fsp3) is 0.200. The molecule has 2 aromatic carbocycles. The van der Waals surface area contributed by atoms with Gasteiger partial charge < -0.3 is 9.84 Å². The fourth-order valence-electron chi connectivity index (χ4n) is 2.23. The summed E-state index contributed by atoms with van der Waals surface area (Å²) in [6, 6.07) is 12.8. The van der Waals surface area contributed by atoms with E-state index in [1.165, 1.54) is 24.5 Å². The largest absolute Gasteiger partial charge is 0.506 e. The summed E-state index contributed by atoms with van der Waals surface area (Å²) < 4.78 is 29.5. The maximum absolute atomic E-state index is 12.5. The summed E-state index contributed by atoms with van der Waals surface area (Å²) in [6.45, 7) is 4.30. The molecule has 6 nitrogen and oxygen atoms in total. The lowest BCUT2D eigenvalue weighted by Crippen LogP contribution is -2.03. The number of aromatic nitrogens is 1. The predicted molar refractivity (Wildman–Crippen MR) is 102 cm³/mol. The predicted octanol–water partition coefficient (Wildman–Crippen LogP) is 3.73. The second-order valence-corrected chi connectivity index (χ2v) is 7.76. The van der Waals surface area contributed by atoms with Gasteiger partial charge in [-0.1, -0.05) is 25.1 Å². The van der Waals surface area contributed by atoms with Crippen LogP contribution in [0.25, 0.3) is 10.8 Å². The van der Waals surface area contributed by atoms with E-state index in [0.29, 0.717) is 17.2 Å². The van der Waals surface area contributed by atoms with Gasteiger partial charge in [0.1, 0.15) is 5.75 Å². The van der Waals surface area contributed by atoms with Crippen LogP contribution in [0.3, 0.4) is 0 Å². The van der Waals surface area contributed by atoms with Gasteiger partial charge in [-0.3, -0.25) is 9.78 Å². The second-order valence-electron chi connectivity index (χ2n) is 5.81. The van der Waals surface area contributed by atoms with Crippen LogP contribution in [0.5, 0.6) is 5.75 Å². The number of pyridine rings is 1. The van der Waals surface area contributed by atoms with Crippen LogP contribution in [0.15, 0.2) is 70.7 Å². The van der Waals surface area contributed by atoms with Crippen LogP contribution in [0.4, 0.5) is 0 Å². The first kappa shape index (κ1) is 20.4. The zero-order valence-corrected chi connectivity index (χ0v) is 15.9. The topological polar surface area (TPSA) is 93.6 Å². The molecule has 1 heterocycles. The highest BCUT2D eigenvalue weighted by Crippen LogP contribution is 2.28. The first-order chi connectivity index (χ1) is 12.9. The van der Waals surface area contributed by atoms with Crippen molar-refractivity contribution in [2.24, 2.45) is 0 Å². The van der Waals surface area contributed by atoms with Gasteiger partial charge in [-0.2, -0.15) is 0 Å². The van der Waals surface area contributed by atoms with E-state index in [2.05, 4.69) is 9.72 Å². The van der Waals surface area contributed by atoms with E-state index in [-0.39, 0.29) is 21.6 Å². The molecule has 0 aliphatic rings. The number of aromatic hydroxyl groups is 1. The molecule has 7 heteroatoms. The van der Waals surface area contributed by atoms with Gasteiger partial charge in [-0.15, -0.1) is 0 Å². The Balaban J connectivity index is 0.000000321. The number of hydrogen-bond acceptors (Lipinski definition) is 6. The van der Waals surface area contributed by atoms with Crippen molar-refractivity contribution in [2.45, 2.75) is 36.2 Å². The van der Waals surface area contributed by atoms with Gasteiger partial charge in [0.15, 0.2) is 0 Å². The third kappa shape index (κ3) is 5.04. The zero-order chi connectivity index (χ0) is 19.9. The Morgan fingerprint density at radius 1 is 1.11 bits per heavy atom. The Morgan fingerprint density at radius 2 is 1.81 bits per heavy atom. The third-order valence-corrected chi connectivity index (χ3v) is 5.70. The van der Waals surface area contributed by atoms with E-state index in [1.54, 1.807) is 36.4 Å². The minimum Gasteiger partial charge on any atom is -0.506 e. The molecule has 0 fully saturated rings. The van der Waals surface area contributed by atoms with Crippen molar-refractivity contribution in [3.63, 3.8) is 0 Å². The maximum atomic E-state index is 12.5. The molecule has 0 aliphatic carbocycles. The minimum absolute atomic E-state index is 0.0335. The number of sulfone groups is 1. The zero-order valence-electron chi connectivity index (χ0n) is 15.1. The Hall–Kier alpha value is -2.93. The molecule has 0 spiro atoms. The quantitative estimate of drug-likeness (QED) is 0.671. The number of benzene rings is 2. The Kier molecular flexibility index (Phi) is 6.90. The summed E-state index contributed by atoms with van der Waals surface area (Å²) in [6.07, 6.45) is 3.82. The van der Waals surface area contributed by atoms with Crippen LogP contribution >= 0.6 is 0 Å². The Bertz CT molecular complexity index is 1000. The van der Waals surface area contributed by atoms with Gasteiger partial charge in [0.25, 0.3) is 6.47 Å². The van der Waals surface area contributed by atoms with E-state index in [0.717, 1.165) is 6.42 Å². The molecule has 1 atom stereocenters. The van der Waals surface area contributed by atoms with Gasteiger partial charge in [0.2, 0.25) is 9.84 Å². The first-order valence-corrected chi connectivity index (χ1v) is 9.84. The van der Waals surface area contributed by atoms with Crippen molar-refractivity contribution >= 4 is 27.1 Å². The standard InChI is InChI=1S/C15H11NO3S.C5H10O2/c17-15-10-16-9-11-8-13(6-7-14(11)15)20(18,19)12-4-2-1-3-5-12;1-3-5(2)7-4-6/h1-10,17H;4-5H,3H2,1-2H3. The number of carbonyl (C=O) groups is 1. The molecular weight excluding hydrogens is 366 g/mol. The highest BCUT2D eigenvalue weighted by Gasteiger charge is 2.17. The second kappa shape index (κ2) is 9.14.